The third-order valence-electron chi connectivity index (χ3n) is 5.03. The molecule has 7 nitrogen and oxygen atoms in total. The average molecular weight is 439 g/mol. The van der Waals surface area contributed by atoms with Crippen molar-refractivity contribution >= 4 is 20.9 Å². The second kappa shape index (κ2) is 8.41. The highest BCUT2D eigenvalue weighted by Crippen LogP contribution is 2.23. The summed E-state index contributed by atoms with van der Waals surface area (Å²) in [7, 11) is -2.40. The molecule has 2 aromatic carbocycles. The van der Waals surface area contributed by atoms with Crippen LogP contribution >= 0.6 is 0 Å². The summed E-state index contributed by atoms with van der Waals surface area (Å²) >= 11 is 0. The van der Waals surface area contributed by atoms with Crippen molar-refractivity contribution in [2.45, 2.75) is 24.9 Å². The molecule has 8 heteroatoms. The molecule has 0 unspecified atom stereocenters. The number of fused-ring (bicyclic) bond motifs is 1. The number of rotatable bonds is 7. The monoisotopic (exact) mass is 438 g/mol. The van der Waals surface area contributed by atoms with E-state index in [1.165, 1.54) is 29.8 Å². The number of aromatic nitrogens is 1. The van der Waals surface area contributed by atoms with Crippen LogP contribution in [0.5, 0.6) is 5.75 Å². The van der Waals surface area contributed by atoms with Crippen molar-refractivity contribution in [2.75, 3.05) is 7.11 Å². The summed E-state index contributed by atoms with van der Waals surface area (Å²) < 4.78 is 38.6. The first-order valence-electron chi connectivity index (χ1n) is 9.66. The van der Waals surface area contributed by atoms with Crippen LogP contribution in [-0.2, 0) is 23.1 Å². The van der Waals surface area contributed by atoms with E-state index in [2.05, 4.69) is 4.98 Å². The van der Waals surface area contributed by atoms with Crippen molar-refractivity contribution in [3.63, 3.8) is 0 Å². The van der Waals surface area contributed by atoms with E-state index in [-0.39, 0.29) is 23.5 Å². The lowest BCUT2D eigenvalue weighted by molar-refractivity contribution is 0.357. The average Bonchev–Trinajstić information content (AvgIpc) is 3.27. The normalized spacial score (nSPS) is 11.8. The Morgan fingerprint density at radius 2 is 1.81 bits per heavy atom. The van der Waals surface area contributed by atoms with Gasteiger partial charge in [-0.1, -0.05) is 11.6 Å². The number of furan rings is 1. The third kappa shape index (κ3) is 4.40. The van der Waals surface area contributed by atoms with E-state index in [4.69, 9.17) is 9.15 Å². The number of nitrogens with zero attached hydrogens (tertiary/aromatic N) is 1. The van der Waals surface area contributed by atoms with Crippen LogP contribution in [-0.4, -0.2) is 24.8 Å². The first-order chi connectivity index (χ1) is 14.9. The van der Waals surface area contributed by atoms with Crippen molar-refractivity contribution in [2.24, 2.45) is 0 Å². The molecule has 0 amide bonds. The zero-order chi connectivity index (χ0) is 22.0. The van der Waals surface area contributed by atoms with Crippen LogP contribution in [0.15, 0.2) is 81.0 Å². The fourth-order valence-electron chi connectivity index (χ4n) is 3.38. The lowest BCUT2D eigenvalue weighted by Crippen LogP contribution is -2.32. The molecule has 4 aromatic rings. The molecule has 0 fully saturated rings. The zero-order valence-corrected chi connectivity index (χ0v) is 18.0. The lowest BCUT2D eigenvalue weighted by atomic mass is 10.1. The largest absolute Gasteiger partial charge is 0.497 e. The topological polar surface area (TPSA) is 92.6 Å². The van der Waals surface area contributed by atoms with E-state index in [0.29, 0.717) is 22.6 Å². The Labute approximate surface area is 179 Å². The van der Waals surface area contributed by atoms with Crippen molar-refractivity contribution in [1.29, 1.82) is 0 Å². The van der Waals surface area contributed by atoms with Gasteiger partial charge in [0.2, 0.25) is 10.0 Å². The highest BCUT2D eigenvalue weighted by Gasteiger charge is 2.27. The summed E-state index contributed by atoms with van der Waals surface area (Å²) in [5, 5.41) is 0.842. The van der Waals surface area contributed by atoms with Crippen LogP contribution in [0.25, 0.3) is 10.9 Å². The highest BCUT2D eigenvalue weighted by molar-refractivity contribution is 7.89. The Hall–Kier alpha value is -3.36. The van der Waals surface area contributed by atoms with Gasteiger partial charge < -0.3 is 14.1 Å². The number of sulfonamides is 1. The number of hydrogen-bond acceptors (Lipinski definition) is 5. The molecule has 0 atom stereocenters. The van der Waals surface area contributed by atoms with Crippen LogP contribution in [0.2, 0.25) is 0 Å². The minimum atomic E-state index is -3.91. The van der Waals surface area contributed by atoms with Crippen LogP contribution in [0.3, 0.4) is 0 Å². The van der Waals surface area contributed by atoms with Crippen molar-refractivity contribution in [3.8, 4) is 5.75 Å². The van der Waals surface area contributed by atoms with E-state index < -0.39 is 10.0 Å². The fraction of sp³-hybridized carbons (Fsp3) is 0.174. The standard InChI is InChI=1S/C23H22N2O5S/c1-16-5-10-22-17(12-16)13-18(23(26)24-22)14-25(15-20-4-3-11-30-20)31(27,28)21-8-6-19(29-2)7-9-21/h3-13H,14-15H2,1-2H3,(H,24,26). The van der Waals surface area contributed by atoms with Gasteiger partial charge in [-0.15, -0.1) is 0 Å². The summed E-state index contributed by atoms with van der Waals surface area (Å²) in [5.41, 5.74) is 1.77. The van der Waals surface area contributed by atoms with Gasteiger partial charge in [-0.25, -0.2) is 8.42 Å². The van der Waals surface area contributed by atoms with Crippen molar-refractivity contribution in [3.05, 3.63) is 94.2 Å². The highest BCUT2D eigenvalue weighted by atomic mass is 32.2. The van der Waals surface area contributed by atoms with Gasteiger partial charge in [0, 0.05) is 17.6 Å². The summed E-state index contributed by atoms with van der Waals surface area (Å²) in [6.07, 6.45) is 1.49. The Morgan fingerprint density at radius 3 is 2.48 bits per heavy atom. The van der Waals surface area contributed by atoms with Gasteiger partial charge in [0.1, 0.15) is 11.5 Å². The third-order valence-corrected chi connectivity index (χ3v) is 6.84. The summed E-state index contributed by atoms with van der Waals surface area (Å²) in [6.45, 7) is 1.85. The summed E-state index contributed by atoms with van der Waals surface area (Å²) in [5.74, 6) is 1.03. The molecule has 0 spiro atoms. The molecule has 2 aromatic heterocycles. The SMILES string of the molecule is COc1ccc(S(=O)(=O)N(Cc2ccco2)Cc2cc3cc(C)ccc3[nH]c2=O)cc1. The van der Waals surface area contributed by atoms with Gasteiger partial charge in [-0.2, -0.15) is 4.31 Å². The van der Waals surface area contributed by atoms with Gasteiger partial charge in [0.15, 0.2) is 0 Å². The van der Waals surface area contributed by atoms with E-state index in [0.717, 1.165) is 10.9 Å². The maximum absolute atomic E-state index is 13.4. The predicted octanol–water partition coefficient (Wildman–Crippen LogP) is 3.83. The Balaban J connectivity index is 1.75. The molecule has 160 valence electrons. The number of nitrogens with one attached hydrogen (secondary N) is 1. The summed E-state index contributed by atoms with van der Waals surface area (Å²) in [4.78, 5) is 15.6. The van der Waals surface area contributed by atoms with E-state index in [9.17, 15) is 13.2 Å². The number of aryl methyl sites for hydroxylation is 1. The Bertz CT molecular complexity index is 1360. The van der Waals surface area contributed by atoms with Crippen LogP contribution in [0.1, 0.15) is 16.9 Å². The minimum absolute atomic E-state index is 0.00728. The van der Waals surface area contributed by atoms with Gasteiger partial charge in [-0.3, -0.25) is 4.79 Å². The van der Waals surface area contributed by atoms with Crippen molar-refractivity contribution in [1.82, 2.24) is 9.29 Å². The Morgan fingerprint density at radius 1 is 1.03 bits per heavy atom. The second-order valence-electron chi connectivity index (χ2n) is 7.24. The van der Waals surface area contributed by atoms with Gasteiger partial charge >= 0.3 is 0 Å². The summed E-state index contributed by atoms with van der Waals surface area (Å²) in [6, 6.07) is 17.0. The van der Waals surface area contributed by atoms with E-state index in [1.807, 2.05) is 25.1 Å². The minimum Gasteiger partial charge on any atom is -0.497 e. The molecular formula is C23H22N2O5S. The first kappa shape index (κ1) is 20.9. The predicted molar refractivity (Wildman–Crippen MR) is 117 cm³/mol. The molecule has 0 aliphatic heterocycles. The molecular weight excluding hydrogens is 416 g/mol. The number of hydrogen-bond donors (Lipinski definition) is 1. The van der Waals surface area contributed by atoms with E-state index in [1.54, 1.807) is 30.3 Å². The molecule has 4 rings (SSSR count). The molecule has 2 heterocycles. The molecule has 0 bridgehead atoms. The molecule has 0 aliphatic carbocycles. The van der Waals surface area contributed by atoms with Gasteiger partial charge in [0.25, 0.3) is 5.56 Å². The number of ether oxygens (including phenoxy) is 1. The Kier molecular flexibility index (Phi) is 5.67. The number of pyridine rings is 1. The molecule has 0 saturated heterocycles. The second-order valence-corrected chi connectivity index (χ2v) is 9.18. The fourth-order valence-corrected chi connectivity index (χ4v) is 4.76. The lowest BCUT2D eigenvalue weighted by Gasteiger charge is -2.21. The number of aromatic amines is 1. The van der Waals surface area contributed by atoms with Crippen molar-refractivity contribution < 1.29 is 17.6 Å². The maximum Gasteiger partial charge on any atom is 0.252 e. The number of methoxy groups -OCH3 is 1. The zero-order valence-electron chi connectivity index (χ0n) is 17.2. The molecule has 0 aliphatic rings. The molecule has 1 N–H and O–H groups in total. The van der Waals surface area contributed by atoms with Crippen LogP contribution in [0, 0.1) is 6.92 Å². The number of benzene rings is 2. The van der Waals surface area contributed by atoms with Crippen LogP contribution < -0.4 is 10.3 Å². The quantitative estimate of drug-likeness (QED) is 0.473. The van der Waals surface area contributed by atoms with E-state index >= 15 is 0 Å². The van der Waals surface area contributed by atoms with Crippen LogP contribution in [0.4, 0.5) is 0 Å². The maximum atomic E-state index is 13.4. The van der Waals surface area contributed by atoms with Gasteiger partial charge in [-0.05, 0) is 66.9 Å². The first-order valence-corrected chi connectivity index (χ1v) is 11.1. The molecule has 0 radical (unpaired) electrons. The molecule has 31 heavy (non-hydrogen) atoms. The van der Waals surface area contributed by atoms with Gasteiger partial charge in [0.05, 0.1) is 24.8 Å². The number of H-pyrrole nitrogens is 1. The smallest absolute Gasteiger partial charge is 0.252 e. The molecule has 0 saturated carbocycles.